The first-order valence-corrected chi connectivity index (χ1v) is 6.99. The number of anilines is 1. The molecule has 0 radical (unpaired) electrons. The smallest absolute Gasteiger partial charge is 0.338 e. The number of carbonyl (C=O) groups is 1. The molecular weight excluding hydrogens is 266 g/mol. The summed E-state index contributed by atoms with van der Waals surface area (Å²) >= 11 is 0. The van der Waals surface area contributed by atoms with Crippen molar-refractivity contribution in [3.05, 3.63) is 47.3 Å². The summed E-state index contributed by atoms with van der Waals surface area (Å²) in [6.45, 7) is 6.42. The number of nitrogens with zero attached hydrogens (tertiary/aromatic N) is 2. The van der Waals surface area contributed by atoms with Gasteiger partial charge in [-0.3, -0.25) is 4.68 Å². The van der Waals surface area contributed by atoms with Gasteiger partial charge in [-0.05, 0) is 45.0 Å². The van der Waals surface area contributed by atoms with Crippen molar-refractivity contribution in [2.75, 3.05) is 5.32 Å². The Bertz CT molecular complexity index is 615. The van der Waals surface area contributed by atoms with E-state index in [-0.39, 0.29) is 12.1 Å². The van der Waals surface area contributed by atoms with Gasteiger partial charge in [-0.15, -0.1) is 0 Å². The maximum atomic E-state index is 11.7. The molecule has 112 valence electrons. The van der Waals surface area contributed by atoms with Gasteiger partial charge in [0.05, 0.1) is 17.9 Å². The largest absolute Gasteiger partial charge is 0.459 e. The SMILES string of the molecule is Cc1c(CNc2ccc(C(=O)OC(C)C)cc2)cnn1C. The third-order valence-electron chi connectivity index (χ3n) is 3.28. The van der Waals surface area contributed by atoms with Crippen molar-refractivity contribution in [3.8, 4) is 0 Å². The summed E-state index contributed by atoms with van der Waals surface area (Å²) < 4.78 is 7.00. The van der Waals surface area contributed by atoms with E-state index >= 15 is 0 Å². The van der Waals surface area contributed by atoms with E-state index in [1.54, 1.807) is 12.1 Å². The molecular formula is C16H21N3O2. The molecule has 1 aromatic heterocycles. The fourth-order valence-corrected chi connectivity index (χ4v) is 1.92. The molecule has 1 N–H and O–H groups in total. The Kier molecular flexibility index (Phi) is 4.62. The fraction of sp³-hybridized carbons (Fsp3) is 0.375. The molecule has 2 rings (SSSR count). The van der Waals surface area contributed by atoms with Crippen LogP contribution in [-0.2, 0) is 18.3 Å². The molecule has 0 amide bonds. The van der Waals surface area contributed by atoms with Crippen LogP contribution in [0.1, 0.15) is 35.5 Å². The second kappa shape index (κ2) is 6.43. The van der Waals surface area contributed by atoms with Crippen LogP contribution in [0.15, 0.2) is 30.5 Å². The van der Waals surface area contributed by atoms with Gasteiger partial charge in [0.15, 0.2) is 0 Å². The standard InChI is InChI=1S/C16H21N3O2/c1-11(2)21-16(20)13-5-7-15(8-6-13)17-9-14-10-18-19(4)12(14)3/h5-8,10-11,17H,9H2,1-4H3. The monoisotopic (exact) mass is 287 g/mol. The first kappa shape index (κ1) is 15.1. The molecule has 1 heterocycles. The number of aryl methyl sites for hydroxylation is 1. The third-order valence-corrected chi connectivity index (χ3v) is 3.28. The predicted octanol–water partition coefficient (Wildman–Crippen LogP) is 2.91. The van der Waals surface area contributed by atoms with Crippen LogP contribution in [-0.4, -0.2) is 21.9 Å². The molecule has 5 heteroatoms. The van der Waals surface area contributed by atoms with Gasteiger partial charge in [-0.2, -0.15) is 5.10 Å². The van der Waals surface area contributed by atoms with E-state index < -0.39 is 0 Å². The van der Waals surface area contributed by atoms with Crippen molar-refractivity contribution >= 4 is 11.7 Å². The summed E-state index contributed by atoms with van der Waals surface area (Å²) in [5.41, 5.74) is 3.81. The number of hydrogen-bond donors (Lipinski definition) is 1. The van der Waals surface area contributed by atoms with Gasteiger partial charge in [-0.1, -0.05) is 0 Å². The maximum Gasteiger partial charge on any atom is 0.338 e. The van der Waals surface area contributed by atoms with E-state index in [2.05, 4.69) is 10.4 Å². The zero-order chi connectivity index (χ0) is 15.4. The Morgan fingerprint density at radius 3 is 2.52 bits per heavy atom. The molecule has 1 aromatic carbocycles. The average molecular weight is 287 g/mol. The van der Waals surface area contributed by atoms with E-state index in [4.69, 9.17) is 4.74 Å². The number of nitrogens with one attached hydrogen (secondary N) is 1. The Morgan fingerprint density at radius 2 is 2.00 bits per heavy atom. The highest BCUT2D eigenvalue weighted by Gasteiger charge is 2.09. The molecule has 5 nitrogen and oxygen atoms in total. The van der Waals surface area contributed by atoms with Gasteiger partial charge in [0, 0.05) is 30.5 Å². The molecule has 0 aliphatic rings. The molecule has 21 heavy (non-hydrogen) atoms. The molecule has 0 saturated heterocycles. The van der Waals surface area contributed by atoms with Crippen LogP contribution in [0.5, 0.6) is 0 Å². The van der Waals surface area contributed by atoms with Gasteiger partial charge >= 0.3 is 5.97 Å². The zero-order valence-electron chi connectivity index (χ0n) is 12.9. The lowest BCUT2D eigenvalue weighted by Crippen LogP contribution is -2.11. The molecule has 0 bridgehead atoms. The zero-order valence-corrected chi connectivity index (χ0v) is 12.9. The number of hydrogen-bond acceptors (Lipinski definition) is 4. The summed E-state index contributed by atoms with van der Waals surface area (Å²) in [5.74, 6) is -0.292. The summed E-state index contributed by atoms with van der Waals surface area (Å²) in [7, 11) is 1.92. The maximum absolute atomic E-state index is 11.7. The Hall–Kier alpha value is -2.30. The molecule has 0 fully saturated rings. The van der Waals surface area contributed by atoms with Crippen molar-refractivity contribution in [3.63, 3.8) is 0 Å². The van der Waals surface area contributed by atoms with E-state index in [0.29, 0.717) is 12.1 Å². The van der Waals surface area contributed by atoms with E-state index in [1.807, 2.05) is 50.8 Å². The lowest BCUT2D eigenvalue weighted by molar-refractivity contribution is 0.0378. The summed E-state index contributed by atoms with van der Waals surface area (Å²) in [5, 5.41) is 7.53. The number of aromatic nitrogens is 2. The second-order valence-corrected chi connectivity index (χ2v) is 5.26. The highest BCUT2D eigenvalue weighted by Crippen LogP contribution is 2.14. The molecule has 0 aliphatic heterocycles. The van der Waals surface area contributed by atoms with E-state index in [1.165, 1.54) is 0 Å². The van der Waals surface area contributed by atoms with Crippen LogP contribution in [0, 0.1) is 6.92 Å². The predicted molar refractivity (Wildman–Crippen MR) is 82.3 cm³/mol. The summed E-state index contributed by atoms with van der Waals surface area (Å²) in [4.78, 5) is 11.7. The Balaban J connectivity index is 1.96. The van der Waals surface area contributed by atoms with E-state index in [9.17, 15) is 4.79 Å². The molecule has 2 aromatic rings. The van der Waals surface area contributed by atoms with E-state index in [0.717, 1.165) is 16.9 Å². The van der Waals surface area contributed by atoms with Crippen LogP contribution in [0.4, 0.5) is 5.69 Å². The lowest BCUT2D eigenvalue weighted by atomic mass is 10.2. The van der Waals surface area contributed by atoms with Gasteiger partial charge in [0.25, 0.3) is 0 Å². The fourth-order valence-electron chi connectivity index (χ4n) is 1.92. The van der Waals surface area contributed by atoms with Crippen LogP contribution in [0.2, 0.25) is 0 Å². The number of benzene rings is 1. The number of carbonyl (C=O) groups excluding carboxylic acids is 1. The van der Waals surface area contributed by atoms with Crippen molar-refractivity contribution < 1.29 is 9.53 Å². The summed E-state index contributed by atoms with van der Waals surface area (Å²) in [6.07, 6.45) is 1.75. The van der Waals surface area contributed by atoms with Crippen molar-refractivity contribution in [1.82, 2.24) is 9.78 Å². The van der Waals surface area contributed by atoms with Gasteiger partial charge in [-0.25, -0.2) is 4.79 Å². The lowest BCUT2D eigenvalue weighted by Gasteiger charge is -2.09. The van der Waals surface area contributed by atoms with Crippen molar-refractivity contribution in [2.45, 2.75) is 33.4 Å². The molecule has 0 saturated carbocycles. The Morgan fingerprint density at radius 1 is 1.33 bits per heavy atom. The van der Waals surface area contributed by atoms with Crippen LogP contribution in [0.25, 0.3) is 0 Å². The molecule has 0 atom stereocenters. The highest BCUT2D eigenvalue weighted by molar-refractivity contribution is 5.89. The first-order chi connectivity index (χ1) is 9.97. The average Bonchev–Trinajstić information content (AvgIpc) is 2.76. The Labute approximate surface area is 124 Å². The third kappa shape index (κ3) is 3.84. The minimum absolute atomic E-state index is 0.108. The number of ether oxygens (including phenoxy) is 1. The number of rotatable bonds is 5. The molecule has 0 spiro atoms. The van der Waals surface area contributed by atoms with Crippen molar-refractivity contribution in [2.24, 2.45) is 7.05 Å². The number of esters is 1. The van der Waals surface area contributed by atoms with Crippen LogP contribution >= 0.6 is 0 Å². The molecule has 0 aliphatic carbocycles. The van der Waals surface area contributed by atoms with Crippen LogP contribution < -0.4 is 5.32 Å². The molecule has 0 unspecified atom stereocenters. The first-order valence-electron chi connectivity index (χ1n) is 6.99. The van der Waals surface area contributed by atoms with Gasteiger partial charge in [0.1, 0.15) is 0 Å². The topological polar surface area (TPSA) is 56.1 Å². The highest BCUT2D eigenvalue weighted by atomic mass is 16.5. The summed E-state index contributed by atoms with van der Waals surface area (Å²) in [6, 6.07) is 7.29. The minimum Gasteiger partial charge on any atom is -0.459 e. The normalized spacial score (nSPS) is 10.7. The quantitative estimate of drug-likeness (QED) is 0.859. The van der Waals surface area contributed by atoms with Crippen LogP contribution in [0.3, 0.4) is 0 Å². The van der Waals surface area contributed by atoms with Gasteiger partial charge in [0.2, 0.25) is 0 Å². The second-order valence-electron chi connectivity index (χ2n) is 5.26. The minimum atomic E-state index is -0.292. The van der Waals surface area contributed by atoms with Gasteiger partial charge < -0.3 is 10.1 Å². The van der Waals surface area contributed by atoms with Crippen molar-refractivity contribution in [1.29, 1.82) is 0 Å².